The predicted molar refractivity (Wildman–Crippen MR) is 47.7 cm³/mol. The molecule has 3 N–H and O–H groups in total. The molecular formula is C8H7ClN2. The summed E-state index contributed by atoms with van der Waals surface area (Å²) < 4.78 is 0. The Bertz CT molecular complexity index is 392. The number of nitrogen functional groups attached to an aromatic ring is 1. The van der Waals surface area contributed by atoms with Crippen molar-refractivity contribution in [3.63, 3.8) is 0 Å². The number of anilines is 1. The summed E-state index contributed by atoms with van der Waals surface area (Å²) in [5, 5.41) is 1.81. The van der Waals surface area contributed by atoms with Crippen molar-refractivity contribution in [1.82, 2.24) is 4.98 Å². The molecule has 0 aliphatic carbocycles. The van der Waals surface area contributed by atoms with Crippen molar-refractivity contribution >= 4 is 28.3 Å². The van der Waals surface area contributed by atoms with Crippen molar-refractivity contribution < 1.29 is 0 Å². The maximum Gasteiger partial charge on any atom is 0.101 e. The molecule has 0 spiro atoms. The largest absolute Gasteiger partial charge is 0.385 e. The number of hydrogen-bond donors (Lipinski definition) is 2. The van der Waals surface area contributed by atoms with E-state index in [0.717, 1.165) is 15.9 Å². The molecule has 0 unspecified atom stereocenters. The smallest absolute Gasteiger partial charge is 0.101 e. The molecule has 2 nitrogen and oxygen atoms in total. The zero-order valence-electron chi connectivity index (χ0n) is 5.76. The molecule has 3 heteroatoms. The normalized spacial score (nSPS) is 10.6. The fourth-order valence-electron chi connectivity index (χ4n) is 1.12. The molecule has 0 atom stereocenters. The van der Waals surface area contributed by atoms with E-state index in [1.54, 1.807) is 0 Å². The first-order chi connectivity index (χ1) is 5.25. The first kappa shape index (κ1) is 6.55. The maximum absolute atomic E-state index is 5.77. The molecule has 0 radical (unpaired) electrons. The van der Waals surface area contributed by atoms with Gasteiger partial charge in [-0.1, -0.05) is 17.7 Å². The van der Waals surface area contributed by atoms with Gasteiger partial charge in [-0.3, -0.25) is 0 Å². The molecule has 0 bridgehead atoms. The number of nitrogens with one attached hydrogen (secondary N) is 1. The van der Waals surface area contributed by atoms with Gasteiger partial charge in [-0.15, -0.1) is 0 Å². The second kappa shape index (κ2) is 2.17. The highest BCUT2D eigenvalue weighted by Gasteiger charge is 1.96. The summed E-state index contributed by atoms with van der Waals surface area (Å²) in [6.07, 6.45) is 0. The lowest BCUT2D eigenvalue weighted by Crippen LogP contribution is -1.80. The minimum Gasteiger partial charge on any atom is -0.385 e. The van der Waals surface area contributed by atoms with E-state index in [0.29, 0.717) is 5.82 Å². The number of nitrogens with two attached hydrogens (primary N) is 1. The number of aromatic nitrogens is 1. The Morgan fingerprint density at radius 1 is 1.27 bits per heavy atom. The Labute approximate surface area is 69.0 Å². The van der Waals surface area contributed by atoms with Gasteiger partial charge in [0.15, 0.2) is 0 Å². The summed E-state index contributed by atoms with van der Waals surface area (Å²) >= 11 is 5.77. The first-order valence-corrected chi connectivity index (χ1v) is 3.67. The summed E-state index contributed by atoms with van der Waals surface area (Å²) in [5.74, 6) is 0.669. The van der Waals surface area contributed by atoms with Crippen LogP contribution < -0.4 is 5.73 Å². The number of hydrogen-bond acceptors (Lipinski definition) is 1. The molecule has 11 heavy (non-hydrogen) atoms. The van der Waals surface area contributed by atoms with Gasteiger partial charge in [-0.2, -0.15) is 0 Å². The second-order valence-corrected chi connectivity index (χ2v) is 2.89. The van der Waals surface area contributed by atoms with E-state index in [1.165, 1.54) is 0 Å². The SMILES string of the molecule is Nc1cc2ccc(Cl)cc2[nH]1. The molecular weight excluding hydrogens is 160 g/mol. The zero-order chi connectivity index (χ0) is 7.84. The van der Waals surface area contributed by atoms with Crippen LogP contribution in [0.4, 0.5) is 5.82 Å². The molecule has 1 aromatic heterocycles. The van der Waals surface area contributed by atoms with Gasteiger partial charge >= 0.3 is 0 Å². The lowest BCUT2D eigenvalue weighted by molar-refractivity contribution is 1.47. The van der Waals surface area contributed by atoms with E-state index in [9.17, 15) is 0 Å². The number of halogens is 1. The molecule has 0 fully saturated rings. The molecule has 56 valence electrons. The van der Waals surface area contributed by atoms with E-state index >= 15 is 0 Å². The van der Waals surface area contributed by atoms with Crippen LogP contribution in [-0.2, 0) is 0 Å². The second-order valence-electron chi connectivity index (χ2n) is 2.46. The van der Waals surface area contributed by atoms with Gasteiger partial charge in [0.05, 0.1) is 0 Å². The van der Waals surface area contributed by atoms with E-state index < -0.39 is 0 Å². The molecule has 2 aromatic rings. The summed E-state index contributed by atoms with van der Waals surface area (Å²) in [5.41, 5.74) is 6.52. The lowest BCUT2D eigenvalue weighted by Gasteiger charge is -1.88. The highest BCUT2D eigenvalue weighted by molar-refractivity contribution is 6.31. The Morgan fingerprint density at radius 2 is 2.09 bits per heavy atom. The van der Waals surface area contributed by atoms with Crippen LogP contribution in [0.2, 0.25) is 5.02 Å². The van der Waals surface area contributed by atoms with Crippen molar-refractivity contribution in [2.24, 2.45) is 0 Å². The molecule has 2 rings (SSSR count). The summed E-state index contributed by atoms with van der Waals surface area (Å²) in [7, 11) is 0. The van der Waals surface area contributed by atoms with Crippen LogP contribution >= 0.6 is 11.6 Å². The Morgan fingerprint density at radius 3 is 2.91 bits per heavy atom. The Kier molecular flexibility index (Phi) is 1.29. The van der Waals surface area contributed by atoms with Crippen LogP contribution in [0, 0.1) is 0 Å². The Balaban J connectivity index is 2.82. The third kappa shape index (κ3) is 1.05. The number of H-pyrrole nitrogens is 1. The zero-order valence-corrected chi connectivity index (χ0v) is 6.52. The topological polar surface area (TPSA) is 41.8 Å². The van der Waals surface area contributed by atoms with Crippen LogP contribution in [0.5, 0.6) is 0 Å². The fourth-order valence-corrected chi connectivity index (χ4v) is 1.29. The summed E-state index contributed by atoms with van der Waals surface area (Å²) in [6, 6.07) is 7.51. The summed E-state index contributed by atoms with van der Waals surface area (Å²) in [6.45, 7) is 0. The van der Waals surface area contributed by atoms with Gasteiger partial charge in [0.2, 0.25) is 0 Å². The number of fused-ring (bicyclic) bond motifs is 1. The van der Waals surface area contributed by atoms with Crippen molar-refractivity contribution in [2.75, 3.05) is 5.73 Å². The number of benzene rings is 1. The third-order valence-electron chi connectivity index (χ3n) is 1.61. The Hall–Kier alpha value is -1.15. The van der Waals surface area contributed by atoms with E-state index in [2.05, 4.69) is 4.98 Å². The molecule has 1 heterocycles. The third-order valence-corrected chi connectivity index (χ3v) is 1.84. The molecule has 0 saturated heterocycles. The standard InChI is InChI=1S/C8H7ClN2/c9-6-2-1-5-3-8(10)11-7(5)4-6/h1-4,11H,10H2. The molecule has 0 amide bonds. The van der Waals surface area contributed by atoms with E-state index in [1.807, 2.05) is 24.3 Å². The number of aromatic amines is 1. The van der Waals surface area contributed by atoms with Gasteiger partial charge in [-0.25, -0.2) is 0 Å². The van der Waals surface area contributed by atoms with E-state index in [4.69, 9.17) is 17.3 Å². The summed E-state index contributed by atoms with van der Waals surface area (Å²) in [4.78, 5) is 2.99. The minimum absolute atomic E-state index is 0.669. The van der Waals surface area contributed by atoms with Crippen molar-refractivity contribution in [3.8, 4) is 0 Å². The predicted octanol–water partition coefficient (Wildman–Crippen LogP) is 2.40. The van der Waals surface area contributed by atoms with Crippen LogP contribution in [-0.4, -0.2) is 4.98 Å². The maximum atomic E-state index is 5.77. The highest BCUT2D eigenvalue weighted by atomic mass is 35.5. The van der Waals surface area contributed by atoms with Crippen molar-refractivity contribution in [2.45, 2.75) is 0 Å². The average Bonchev–Trinajstić information content (AvgIpc) is 2.27. The molecule has 0 aliphatic heterocycles. The highest BCUT2D eigenvalue weighted by Crippen LogP contribution is 2.20. The molecule has 0 saturated carbocycles. The van der Waals surface area contributed by atoms with Gasteiger partial charge in [0.25, 0.3) is 0 Å². The minimum atomic E-state index is 0.669. The van der Waals surface area contributed by atoms with Crippen LogP contribution in [0.15, 0.2) is 24.3 Å². The first-order valence-electron chi connectivity index (χ1n) is 3.29. The fraction of sp³-hybridized carbons (Fsp3) is 0. The van der Waals surface area contributed by atoms with E-state index in [-0.39, 0.29) is 0 Å². The average molecular weight is 167 g/mol. The molecule has 0 aliphatic rings. The quantitative estimate of drug-likeness (QED) is 0.620. The van der Waals surface area contributed by atoms with Crippen molar-refractivity contribution in [3.05, 3.63) is 29.3 Å². The van der Waals surface area contributed by atoms with Gasteiger partial charge in [0.1, 0.15) is 5.82 Å². The number of rotatable bonds is 0. The van der Waals surface area contributed by atoms with Crippen LogP contribution in [0.3, 0.4) is 0 Å². The van der Waals surface area contributed by atoms with Crippen LogP contribution in [0.1, 0.15) is 0 Å². The lowest BCUT2D eigenvalue weighted by atomic mass is 10.2. The van der Waals surface area contributed by atoms with Crippen molar-refractivity contribution in [1.29, 1.82) is 0 Å². The van der Waals surface area contributed by atoms with Crippen LogP contribution in [0.25, 0.3) is 10.9 Å². The van der Waals surface area contributed by atoms with Gasteiger partial charge in [-0.05, 0) is 18.2 Å². The van der Waals surface area contributed by atoms with Gasteiger partial charge in [0, 0.05) is 15.9 Å². The molecule has 1 aromatic carbocycles. The monoisotopic (exact) mass is 166 g/mol. The van der Waals surface area contributed by atoms with Gasteiger partial charge < -0.3 is 10.7 Å².